The molecule has 2 rings (SSSR count). The molecule has 1 aromatic carbocycles. The van der Waals surface area contributed by atoms with Crippen LogP contribution in [0, 0.1) is 0 Å². The fraction of sp³-hybridized carbons (Fsp3) is 0.333. The van der Waals surface area contributed by atoms with Crippen molar-refractivity contribution in [3.63, 3.8) is 0 Å². The van der Waals surface area contributed by atoms with Crippen LogP contribution in [0.2, 0.25) is 5.02 Å². The van der Waals surface area contributed by atoms with Crippen molar-refractivity contribution in [1.29, 1.82) is 0 Å². The third-order valence-corrected chi connectivity index (χ3v) is 5.92. The van der Waals surface area contributed by atoms with E-state index < -0.39 is 0 Å². The quantitative estimate of drug-likeness (QED) is 0.794. The van der Waals surface area contributed by atoms with E-state index in [2.05, 4.69) is 0 Å². The minimum absolute atomic E-state index is 0.191. The van der Waals surface area contributed by atoms with Crippen molar-refractivity contribution in [2.75, 3.05) is 10.2 Å². The Morgan fingerprint density at radius 3 is 2.64 bits per heavy atom. The summed E-state index contributed by atoms with van der Waals surface area (Å²) >= 11 is 11.5. The molecular formula is C9H9ClOS3. The average Bonchev–Trinajstić information content (AvgIpc) is 2.23. The van der Waals surface area contributed by atoms with Crippen molar-refractivity contribution in [1.82, 2.24) is 0 Å². The monoisotopic (exact) mass is 264 g/mol. The largest absolute Gasteiger partial charge is 0.468 e. The lowest BCUT2D eigenvalue weighted by Crippen LogP contribution is -2.11. The second kappa shape index (κ2) is 5.45. The minimum atomic E-state index is 0.191. The SMILES string of the molecule is Clc1ccccc1OC1SCSCS1. The van der Waals surface area contributed by atoms with Gasteiger partial charge >= 0.3 is 0 Å². The Hall–Kier alpha value is 0.360. The first-order valence-electron chi connectivity index (χ1n) is 4.08. The van der Waals surface area contributed by atoms with Crippen LogP contribution in [0.25, 0.3) is 0 Å². The van der Waals surface area contributed by atoms with Crippen LogP contribution < -0.4 is 4.74 Å². The maximum absolute atomic E-state index is 5.99. The molecule has 1 aliphatic heterocycles. The molecule has 0 bridgehead atoms. The molecule has 0 atom stereocenters. The van der Waals surface area contributed by atoms with Gasteiger partial charge < -0.3 is 4.74 Å². The molecule has 1 saturated heterocycles. The van der Waals surface area contributed by atoms with Gasteiger partial charge in [0.2, 0.25) is 0 Å². The highest BCUT2D eigenvalue weighted by Gasteiger charge is 2.17. The van der Waals surface area contributed by atoms with E-state index in [4.69, 9.17) is 16.3 Å². The molecule has 5 heteroatoms. The lowest BCUT2D eigenvalue weighted by atomic mass is 10.3. The molecule has 14 heavy (non-hydrogen) atoms. The highest BCUT2D eigenvalue weighted by Crippen LogP contribution is 2.38. The number of thioether (sulfide) groups is 3. The van der Waals surface area contributed by atoms with Gasteiger partial charge in [-0.05, 0) is 12.1 Å². The van der Waals surface area contributed by atoms with Gasteiger partial charge in [0, 0.05) is 10.2 Å². The zero-order valence-electron chi connectivity index (χ0n) is 7.31. The van der Waals surface area contributed by atoms with Gasteiger partial charge in [0.05, 0.1) is 5.02 Å². The predicted octanol–water partition coefficient (Wildman–Crippen LogP) is 4.13. The van der Waals surface area contributed by atoms with Crippen molar-refractivity contribution in [2.45, 2.75) is 4.77 Å². The fourth-order valence-electron chi connectivity index (χ4n) is 1.00. The maximum Gasteiger partial charge on any atom is 0.192 e. The summed E-state index contributed by atoms with van der Waals surface area (Å²) in [4.78, 5) is 0. The van der Waals surface area contributed by atoms with Crippen LogP contribution in [-0.2, 0) is 0 Å². The molecular weight excluding hydrogens is 256 g/mol. The molecule has 0 amide bonds. The van der Waals surface area contributed by atoms with E-state index in [0.717, 1.165) is 15.9 Å². The van der Waals surface area contributed by atoms with E-state index in [1.165, 1.54) is 0 Å². The van der Waals surface area contributed by atoms with Crippen LogP contribution in [0.1, 0.15) is 0 Å². The number of hydrogen-bond acceptors (Lipinski definition) is 4. The number of ether oxygens (including phenoxy) is 1. The van der Waals surface area contributed by atoms with E-state index in [9.17, 15) is 0 Å². The summed E-state index contributed by atoms with van der Waals surface area (Å²) in [6, 6.07) is 7.61. The smallest absolute Gasteiger partial charge is 0.192 e. The minimum Gasteiger partial charge on any atom is -0.468 e. The second-order valence-electron chi connectivity index (χ2n) is 2.61. The third kappa shape index (κ3) is 2.92. The summed E-state index contributed by atoms with van der Waals surface area (Å²) < 4.78 is 5.96. The van der Waals surface area contributed by atoms with Gasteiger partial charge in [0.25, 0.3) is 0 Å². The summed E-state index contributed by atoms with van der Waals surface area (Å²) in [5.41, 5.74) is 0. The summed E-state index contributed by atoms with van der Waals surface area (Å²) in [5.74, 6) is 0.783. The first-order chi connectivity index (χ1) is 6.86. The number of benzene rings is 1. The summed E-state index contributed by atoms with van der Waals surface area (Å²) in [6.07, 6.45) is 0. The molecule has 0 N–H and O–H groups in total. The molecule has 0 radical (unpaired) electrons. The first kappa shape index (κ1) is 10.9. The van der Waals surface area contributed by atoms with Gasteiger partial charge in [-0.1, -0.05) is 47.3 Å². The van der Waals surface area contributed by atoms with Crippen LogP contribution in [0.3, 0.4) is 0 Å². The Labute approximate surface area is 101 Å². The molecule has 1 aromatic rings. The van der Waals surface area contributed by atoms with Gasteiger partial charge in [0.1, 0.15) is 5.75 Å². The van der Waals surface area contributed by atoms with E-state index in [1.807, 2.05) is 59.6 Å². The van der Waals surface area contributed by atoms with Gasteiger partial charge in [-0.3, -0.25) is 0 Å². The van der Waals surface area contributed by atoms with Crippen molar-refractivity contribution in [3.05, 3.63) is 29.3 Å². The van der Waals surface area contributed by atoms with Crippen LogP contribution in [-0.4, -0.2) is 14.9 Å². The molecule has 0 saturated carbocycles. The molecule has 1 nitrogen and oxygen atoms in total. The zero-order valence-corrected chi connectivity index (χ0v) is 10.5. The van der Waals surface area contributed by atoms with Crippen LogP contribution >= 0.6 is 46.9 Å². The Balaban J connectivity index is 1.99. The number of halogens is 1. The van der Waals surface area contributed by atoms with Crippen LogP contribution in [0.15, 0.2) is 24.3 Å². The topological polar surface area (TPSA) is 9.23 Å². The maximum atomic E-state index is 5.99. The van der Waals surface area contributed by atoms with Crippen molar-refractivity contribution in [2.24, 2.45) is 0 Å². The average molecular weight is 265 g/mol. The van der Waals surface area contributed by atoms with Crippen molar-refractivity contribution >= 4 is 46.9 Å². The van der Waals surface area contributed by atoms with Gasteiger partial charge in [-0.2, -0.15) is 0 Å². The van der Waals surface area contributed by atoms with Crippen molar-refractivity contribution < 1.29 is 4.74 Å². The zero-order chi connectivity index (χ0) is 9.80. The van der Waals surface area contributed by atoms with E-state index >= 15 is 0 Å². The summed E-state index contributed by atoms with van der Waals surface area (Å²) in [5, 5.41) is 2.89. The number of para-hydroxylation sites is 1. The van der Waals surface area contributed by atoms with E-state index in [0.29, 0.717) is 5.02 Å². The molecule has 1 heterocycles. The Morgan fingerprint density at radius 1 is 1.21 bits per heavy atom. The lowest BCUT2D eigenvalue weighted by Gasteiger charge is -2.21. The van der Waals surface area contributed by atoms with Gasteiger partial charge in [0.15, 0.2) is 4.77 Å². The van der Waals surface area contributed by atoms with E-state index in [1.54, 1.807) is 0 Å². The number of hydrogen-bond donors (Lipinski definition) is 0. The first-order valence-corrected chi connectivity index (χ1v) is 7.71. The fourth-order valence-corrected chi connectivity index (χ4v) is 5.45. The predicted molar refractivity (Wildman–Crippen MR) is 68.4 cm³/mol. The van der Waals surface area contributed by atoms with Crippen LogP contribution in [0.4, 0.5) is 0 Å². The number of rotatable bonds is 2. The molecule has 76 valence electrons. The highest BCUT2D eigenvalue weighted by atomic mass is 35.5. The second-order valence-corrected chi connectivity index (χ2v) is 7.13. The van der Waals surface area contributed by atoms with Crippen LogP contribution in [0.5, 0.6) is 5.75 Å². The molecule has 1 aliphatic rings. The Morgan fingerprint density at radius 2 is 1.93 bits per heavy atom. The summed E-state index contributed by atoms with van der Waals surface area (Å²) in [6.45, 7) is 0. The molecule has 0 aromatic heterocycles. The van der Waals surface area contributed by atoms with Crippen molar-refractivity contribution in [3.8, 4) is 5.75 Å². The Kier molecular flexibility index (Phi) is 4.23. The lowest BCUT2D eigenvalue weighted by molar-refractivity contribution is 0.366. The molecule has 0 aliphatic carbocycles. The standard InChI is InChI=1S/C9H9ClOS3/c10-7-3-1-2-4-8(7)11-9-13-5-12-6-14-9/h1-4,9H,5-6H2. The third-order valence-electron chi connectivity index (χ3n) is 1.63. The highest BCUT2D eigenvalue weighted by molar-refractivity contribution is 8.32. The molecule has 0 unspecified atom stereocenters. The van der Waals surface area contributed by atoms with Gasteiger partial charge in [-0.15, -0.1) is 11.8 Å². The molecule has 0 spiro atoms. The Bertz CT molecular complexity index is 302. The summed E-state index contributed by atoms with van der Waals surface area (Å²) in [7, 11) is 0. The van der Waals surface area contributed by atoms with Gasteiger partial charge in [-0.25, -0.2) is 0 Å². The normalized spacial score (nSPS) is 18.1. The van der Waals surface area contributed by atoms with E-state index in [-0.39, 0.29) is 4.77 Å². The molecule has 1 fully saturated rings.